The van der Waals surface area contributed by atoms with Crippen LogP contribution in [0.2, 0.25) is 0 Å². The summed E-state index contributed by atoms with van der Waals surface area (Å²) < 4.78 is 15.0. The van der Waals surface area contributed by atoms with Gasteiger partial charge in [-0.25, -0.2) is 9.59 Å². The Morgan fingerprint density at radius 1 is 1.04 bits per heavy atom. The number of aryl methyl sites for hydroxylation is 2. The summed E-state index contributed by atoms with van der Waals surface area (Å²) in [4.78, 5) is 36.5. The van der Waals surface area contributed by atoms with Gasteiger partial charge in [0.1, 0.15) is 16.5 Å². The first kappa shape index (κ1) is 21.6. The van der Waals surface area contributed by atoms with Crippen LogP contribution in [0.3, 0.4) is 0 Å². The third kappa shape index (κ3) is 4.96. The Morgan fingerprint density at radius 2 is 1.71 bits per heavy atom. The molecule has 1 N–H and O–H groups in total. The second kappa shape index (κ2) is 9.48. The van der Waals surface area contributed by atoms with E-state index in [4.69, 9.17) is 14.2 Å². The molecule has 0 atom stereocenters. The highest BCUT2D eigenvalue weighted by molar-refractivity contribution is 7.18. The van der Waals surface area contributed by atoms with Crippen molar-refractivity contribution >= 4 is 34.2 Å². The molecule has 7 nitrogen and oxygen atoms in total. The van der Waals surface area contributed by atoms with E-state index in [2.05, 4.69) is 5.32 Å². The highest BCUT2D eigenvalue weighted by Gasteiger charge is 2.26. The van der Waals surface area contributed by atoms with Crippen molar-refractivity contribution in [2.24, 2.45) is 0 Å². The molecule has 2 aromatic rings. The van der Waals surface area contributed by atoms with Gasteiger partial charge >= 0.3 is 11.9 Å². The number of ether oxygens (including phenoxy) is 3. The second-order valence-corrected chi connectivity index (χ2v) is 7.24. The van der Waals surface area contributed by atoms with E-state index < -0.39 is 17.8 Å². The van der Waals surface area contributed by atoms with Crippen LogP contribution in [-0.2, 0) is 25.6 Å². The zero-order valence-corrected chi connectivity index (χ0v) is 17.3. The third-order valence-corrected chi connectivity index (χ3v) is 5.34. The molecule has 28 heavy (non-hydrogen) atoms. The number of hydrogen-bond donors (Lipinski definition) is 1. The van der Waals surface area contributed by atoms with Gasteiger partial charge in [0.15, 0.2) is 0 Å². The van der Waals surface area contributed by atoms with Crippen molar-refractivity contribution in [2.75, 3.05) is 26.1 Å². The molecule has 0 spiro atoms. The summed E-state index contributed by atoms with van der Waals surface area (Å²) in [7, 11) is 2.48. The molecule has 0 saturated heterocycles. The monoisotopic (exact) mass is 405 g/mol. The average Bonchev–Trinajstić information content (AvgIpc) is 2.98. The van der Waals surface area contributed by atoms with Crippen LogP contribution in [0.1, 0.15) is 42.3 Å². The number of carbonyl (C=O) groups is 3. The van der Waals surface area contributed by atoms with Gasteiger partial charge in [-0.2, -0.15) is 0 Å². The number of anilines is 1. The largest absolute Gasteiger partial charge is 0.465 e. The number of carbonyl (C=O) groups excluding carboxylic acids is 3. The fourth-order valence-electron chi connectivity index (χ4n) is 2.66. The van der Waals surface area contributed by atoms with Gasteiger partial charge in [-0.15, -0.1) is 11.3 Å². The molecule has 8 heteroatoms. The van der Waals surface area contributed by atoms with Crippen molar-refractivity contribution in [1.29, 1.82) is 0 Å². The minimum atomic E-state index is -0.643. The Bertz CT molecular complexity index is 902. The van der Waals surface area contributed by atoms with Crippen LogP contribution >= 0.6 is 11.3 Å². The van der Waals surface area contributed by atoms with Crippen LogP contribution in [0.5, 0.6) is 0 Å². The van der Waals surface area contributed by atoms with E-state index in [9.17, 15) is 14.4 Å². The van der Waals surface area contributed by atoms with E-state index in [0.29, 0.717) is 12.2 Å². The van der Waals surface area contributed by atoms with Crippen LogP contribution in [0.25, 0.3) is 0 Å². The van der Waals surface area contributed by atoms with E-state index >= 15 is 0 Å². The molecule has 2 rings (SSSR count). The van der Waals surface area contributed by atoms with Gasteiger partial charge in [0.2, 0.25) is 0 Å². The fraction of sp³-hybridized carbons (Fsp3) is 0.350. The van der Waals surface area contributed by atoms with Crippen molar-refractivity contribution in [3.8, 4) is 0 Å². The maximum absolute atomic E-state index is 12.3. The van der Waals surface area contributed by atoms with Crippen LogP contribution in [0.15, 0.2) is 18.2 Å². The molecule has 0 radical (unpaired) electrons. The van der Waals surface area contributed by atoms with Crippen LogP contribution in [0, 0.1) is 20.8 Å². The maximum atomic E-state index is 12.3. The first-order valence-electron chi connectivity index (χ1n) is 8.52. The number of rotatable bonds is 7. The quantitative estimate of drug-likeness (QED) is 0.710. The first-order chi connectivity index (χ1) is 13.3. The normalized spacial score (nSPS) is 10.5. The first-order valence-corrected chi connectivity index (χ1v) is 9.33. The molecule has 0 aliphatic heterocycles. The summed E-state index contributed by atoms with van der Waals surface area (Å²) >= 11 is 0.962. The Balaban J connectivity index is 2.08. The highest BCUT2D eigenvalue weighted by Crippen LogP contribution is 2.34. The van der Waals surface area contributed by atoms with Crippen molar-refractivity contribution < 1.29 is 28.6 Å². The lowest BCUT2D eigenvalue weighted by Crippen LogP contribution is -2.19. The molecule has 0 saturated carbocycles. The molecule has 0 bridgehead atoms. The molecule has 1 amide bonds. The smallest absolute Gasteiger partial charge is 0.348 e. The predicted molar refractivity (Wildman–Crippen MR) is 106 cm³/mol. The number of methoxy groups -OCH3 is 2. The average molecular weight is 405 g/mol. The van der Waals surface area contributed by atoms with Gasteiger partial charge in [-0.05, 0) is 37.5 Å². The van der Waals surface area contributed by atoms with Crippen molar-refractivity contribution in [2.45, 2.75) is 27.4 Å². The van der Waals surface area contributed by atoms with E-state index in [1.54, 1.807) is 6.92 Å². The van der Waals surface area contributed by atoms with Gasteiger partial charge in [-0.3, -0.25) is 4.79 Å². The lowest BCUT2D eigenvalue weighted by molar-refractivity contribution is -0.121. The summed E-state index contributed by atoms with van der Waals surface area (Å²) in [6.45, 7) is 5.69. The van der Waals surface area contributed by atoms with Gasteiger partial charge in [0.25, 0.3) is 5.91 Å². The number of thiophene rings is 1. The van der Waals surface area contributed by atoms with Crippen molar-refractivity contribution in [3.05, 3.63) is 50.9 Å². The van der Waals surface area contributed by atoms with Crippen LogP contribution in [-0.4, -0.2) is 38.7 Å². The summed E-state index contributed by atoms with van der Waals surface area (Å²) in [5.74, 6) is -1.66. The second-order valence-electron chi connectivity index (χ2n) is 6.21. The van der Waals surface area contributed by atoms with Gasteiger partial charge in [0.05, 0.1) is 26.4 Å². The predicted octanol–water partition coefficient (Wildman–Crippen LogP) is 3.40. The minimum Gasteiger partial charge on any atom is -0.465 e. The van der Waals surface area contributed by atoms with Gasteiger partial charge < -0.3 is 19.5 Å². The Hall–Kier alpha value is -2.71. The molecule has 0 aliphatic rings. The molecule has 150 valence electrons. The van der Waals surface area contributed by atoms with Gasteiger partial charge in [-0.1, -0.05) is 23.8 Å². The molecule has 0 fully saturated rings. The molecular weight excluding hydrogens is 382 g/mol. The Morgan fingerprint density at radius 3 is 2.32 bits per heavy atom. The lowest BCUT2D eigenvalue weighted by atomic mass is 10.1. The summed E-state index contributed by atoms with van der Waals surface area (Å²) in [6.07, 6.45) is 0. The topological polar surface area (TPSA) is 90.9 Å². The number of nitrogens with one attached hydrogen (secondary N) is 1. The summed E-state index contributed by atoms with van der Waals surface area (Å²) in [5.41, 5.74) is 3.77. The van der Waals surface area contributed by atoms with Crippen LogP contribution < -0.4 is 5.32 Å². The molecule has 0 aliphatic carbocycles. The zero-order valence-electron chi connectivity index (χ0n) is 16.5. The Kier molecular flexibility index (Phi) is 7.31. The Labute approximate surface area is 167 Å². The maximum Gasteiger partial charge on any atom is 0.348 e. The van der Waals surface area contributed by atoms with Crippen LogP contribution in [0.4, 0.5) is 5.00 Å². The molecule has 1 heterocycles. The summed E-state index contributed by atoms with van der Waals surface area (Å²) in [6, 6.07) is 5.99. The number of esters is 2. The number of amides is 1. The molecular formula is C20H23NO6S. The lowest BCUT2D eigenvalue weighted by Gasteiger charge is -2.09. The van der Waals surface area contributed by atoms with Gasteiger partial charge in [0, 0.05) is 0 Å². The fourth-order valence-corrected chi connectivity index (χ4v) is 3.79. The van der Waals surface area contributed by atoms with E-state index in [-0.39, 0.29) is 22.0 Å². The standard InChI is InChI=1S/C20H23NO6S/c1-11-6-7-14(12(2)8-11)9-27-10-15(22)21-18-16(19(23)25-4)13(3)17(28-18)20(24)26-5/h6-8H,9-10H2,1-5H3,(H,21,22). The van der Waals surface area contributed by atoms with E-state index in [0.717, 1.165) is 28.0 Å². The van der Waals surface area contributed by atoms with Crippen molar-refractivity contribution in [1.82, 2.24) is 0 Å². The van der Waals surface area contributed by atoms with E-state index in [1.807, 2.05) is 32.0 Å². The molecule has 0 unspecified atom stereocenters. The number of benzene rings is 1. The number of hydrogen-bond acceptors (Lipinski definition) is 7. The molecule has 1 aromatic heterocycles. The summed E-state index contributed by atoms with van der Waals surface area (Å²) in [5, 5.41) is 2.85. The van der Waals surface area contributed by atoms with E-state index in [1.165, 1.54) is 14.2 Å². The molecule has 1 aromatic carbocycles. The third-order valence-electron chi connectivity index (χ3n) is 4.15. The highest BCUT2D eigenvalue weighted by atomic mass is 32.1. The SMILES string of the molecule is COC(=O)c1sc(NC(=O)COCc2ccc(C)cc2C)c(C(=O)OC)c1C. The zero-order chi connectivity index (χ0) is 20.8. The minimum absolute atomic E-state index is 0.135. The van der Waals surface area contributed by atoms with Crippen molar-refractivity contribution in [3.63, 3.8) is 0 Å².